The van der Waals surface area contributed by atoms with E-state index in [1.807, 2.05) is 0 Å². The van der Waals surface area contributed by atoms with Crippen molar-refractivity contribution in [3.05, 3.63) is 35.4 Å². The number of halogens is 3. The molecule has 1 aliphatic rings. The van der Waals surface area contributed by atoms with E-state index in [2.05, 4.69) is 10.6 Å². The summed E-state index contributed by atoms with van der Waals surface area (Å²) >= 11 is 0. The van der Waals surface area contributed by atoms with E-state index >= 15 is 0 Å². The molecule has 1 aromatic carbocycles. The monoisotopic (exact) mass is 332 g/mol. The molecule has 1 amide bonds. The molecule has 1 fully saturated rings. The molecule has 0 aliphatic heterocycles. The molecule has 0 saturated heterocycles. The maximum Gasteiger partial charge on any atom is 0.251 e. The lowest BCUT2D eigenvalue weighted by Gasteiger charge is -2.16. The van der Waals surface area contributed by atoms with Crippen LogP contribution in [0.3, 0.4) is 0 Å². The second kappa shape index (κ2) is 9.74. The molecule has 3 nitrogen and oxygen atoms in total. The first-order chi connectivity index (χ1) is 10.1. The molecule has 2 rings (SSSR count). The zero-order valence-electron chi connectivity index (χ0n) is 12.5. The summed E-state index contributed by atoms with van der Waals surface area (Å²) in [6, 6.07) is 3.36. The molecule has 0 bridgehead atoms. The van der Waals surface area contributed by atoms with Gasteiger partial charge in [-0.05, 0) is 25.0 Å². The lowest BCUT2D eigenvalue weighted by molar-refractivity contribution is 0.0952. The minimum Gasteiger partial charge on any atom is -0.351 e. The molecular formula is C16H23ClF2N2O. The van der Waals surface area contributed by atoms with Crippen LogP contribution >= 0.6 is 12.4 Å². The standard InChI is InChI=1S/C16H22F2N2O.ClH/c17-13-9-12(10-14(18)11-13)16(21)20-8-7-19-15-5-3-1-2-4-6-15;/h9-11,15,19H,1-8H2,(H,20,21);1H. The van der Waals surface area contributed by atoms with Crippen molar-refractivity contribution < 1.29 is 13.6 Å². The molecule has 1 saturated carbocycles. The highest BCUT2D eigenvalue weighted by molar-refractivity contribution is 5.94. The quantitative estimate of drug-likeness (QED) is 0.640. The van der Waals surface area contributed by atoms with E-state index in [-0.39, 0.29) is 18.0 Å². The largest absolute Gasteiger partial charge is 0.351 e. The maximum absolute atomic E-state index is 13.0. The van der Waals surface area contributed by atoms with Gasteiger partial charge in [-0.3, -0.25) is 4.79 Å². The summed E-state index contributed by atoms with van der Waals surface area (Å²) in [5, 5.41) is 6.10. The first-order valence-corrected chi connectivity index (χ1v) is 7.63. The van der Waals surface area contributed by atoms with Gasteiger partial charge < -0.3 is 10.6 Å². The highest BCUT2D eigenvalue weighted by Gasteiger charge is 2.12. The van der Waals surface area contributed by atoms with Gasteiger partial charge in [0.1, 0.15) is 11.6 Å². The molecule has 1 aromatic rings. The molecular weight excluding hydrogens is 310 g/mol. The Hall–Kier alpha value is -1.20. The van der Waals surface area contributed by atoms with Gasteiger partial charge in [-0.15, -0.1) is 12.4 Å². The Morgan fingerprint density at radius 1 is 1.00 bits per heavy atom. The predicted molar refractivity (Wildman–Crippen MR) is 85.4 cm³/mol. The van der Waals surface area contributed by atoms with Gasteiger partial charge in [0, 0.05) is 30.8 Å². The van der Waals surface area contributed by atoms with Crippen LogP contribution in [-0.2, 0) is 0 Å². The van der Waals surface area contributed by atoms with Crippen molar-refractivity contribution in [2.24, 2.45) is 0 Å². The molecule has 0 aromatic heterocycles. The van der Waals surface area contributed by atoms with Crippen LogP contribution < -0.4 is 10.6 Å². The molecule has 0 radical (unpaired) electrons. The zero-order valence-corrected chi connectivity index (χ0v) is 13.4. The SMILES string of the molecule is Cl.O=C(NCCNC1CCCCCC1)c1cc(F)cc(F)c1. The third kappa shape index (κ3) is 6.28. The summed E-state index contributed by atoms with van der Waals surface area (Å²) in [5.41, 5.74) is 0.0157. The van der Waals surface area contributed by atoms with Gasteiger partial charge in [0.2, 0.25) is 0 Å². The number of carbonyl (C=O) groups is 1. The van der Waals surface area contributed by atoms with E-state index in [9.17, 15) is 13.6 Å². The third-order valence-corrected chi connectivity index (χ3v) is 3.82. The van der Waals surface area contributed by atoms with Crippen LogP contribution in [0.2, 0.25) is 0 Å². The fraction of sp³-hybridized carbons (Fsp3) is 0.562. The van der Waals surface area contributed by atoms with Gasteiger partial charge >= 0.3 is 0 Å². The molecule has 6 heteroatoms. The Morgan fingerprint density at radius 3 is 2.18 bits per heavy atom. The molecule has 0 heterocycles. The van der Waals surface area contributed by atoms with E-state index < -0.39 is 17.5 Å². The number of amides is 1. The minimum atomic E-state index is -0.739. The molecule has 0 unspecified atom stereocenters. The average Bonchev–Trinajstić information content (AvgIpc) is 2.71. The first kappa shape index (κ1) is 18.8. The number of benzene rings is 1. The summed E-state index contributed by atoms with van der Waals surface area (Å²) in [5.74, 6) is -1.93. The van der Waals surface area contributed by atoms with Crippen LogP contribution in [0.25, 0.3) is 0 Å². The summed E-state index contributed by atoms with van der Waals surface area (Å²) < 4.78 is 26.1. The van der Waals surface area contributed by atoms with Crippen LogP contribution in [0.15, 0.2) is 18.2 Å². The van der Waals surface area contributed by atoms with Crippen LogP contribution in [0.4, 0.5) is 8.78 Å². The molecule has 124 valence electrons. The summed E-state index contributed by atoms with van der Waals surface area (Å²) in [6.07, 6.45) is 7.49. The van der Waals surface area contributed by atoms with Crippen molar-refractivity contribution in [1.29, 1.82) is 0 Å². The van der Waals surface area contributed by atoms with Crippen molar-refractivity contribution in [3.63, 3.8) is 0 Å². The number of nitrogens with one attached hydrogen (secondary N) is 2. The van der Waals surface area contributed by atoms with E-state index in [1.54, 1.807) is 0 Å². The Kier molecular flexibility index (Phi) is 8.35. The fourth-order valence-electron chi connectivity index (χ4n) is 2.72. The van der Waals surface area contributed by atoms with Gasteiger partial charge in [-0.2, -0.15) is 0 Å². The van der Waals surface area contributed by atoms with E-state index in [1.165, 1.54) is 38.5 Å². The smallest absolute Gasteiger partial charge is 0.251 e. The van der Waals surface area contributed by atoms with Crippen molar-refractivity contribution >= 4 is 18.3 Å². The highest BCUT2D eigenvalue weighted by Crippen LogP contribution is 2.16. The molecule has 22 heavy (non-hydrogen) atoms. The Morgan fingerprint density at radius 2 is 1.59 bits per heavy atom. The van der Waals surface area contributed by atoms with E-state index in [4.69, 9.17) is 0 Å². The summed E-state index contributed by atoms with van der Waals surface area (Å²) in [4.78, 5) is 11.8. The number of hydrogen-bond donors (Lipinski definition) is 2. The van der Waals surface area contributed by atoms with Crippen LogP contribution in [-0.4, -0.2) is 25.0 Å². The summed E-state index contributed by atoms with van der Waals surface area (Å²) in [6.45, 7) is 1.13. The highest BCUT2D eigenvalue weighted by atomic mass is 35.5. The van der Waals surface area contributed by atoms with Crippen LogP contribution in [0, 0.1) is 11.6 Å². The summed E-state index contributed by atoms with van der Waals surface area (Å²) in [7, 11) is 0. The van der Waals surface area contributed by atoms with Crippen molar-refractivity contribution in [3.8, 4) is 0 Å². The van der Waals surface area contributed by atoms with Gasteiger partial charge in [0.05, 0.1) is 0 Å². The predicted octanol–water partition coefficient (Wildman–Crippen LogP) is 3.43. The number of rotatable bonds is 5. The van der Waals surface area contributed by atoms with Crippen LogP contribution in [0.5, 0.6) is 0 Å². The van der Waals surface area contributed by atoms with Crippen LogP contribution in [0.1, 0.15) is 48.9 Å². The lowest BCUT2D eigenvalue weighted by atomic mass is 10.1. The first-order valence-electron chi connectivity index (χ1n) is 7.63. The topological polar surface area (TPSA) is 41.1 Å². The molecule has 2 N–H and O–H groups in total. The van der Waals surface area contributed by atoms with Crippen molar-refractivity contribution in [2.45, 2.75) is 44.6 Å². The fourth-order valence-corrected chi connectivity index (χ4v) is 2.72. The lowest BCUT2D eigenvalue weighted by Crippen LogP contribution is -2.36. The Bertz CT molecular complexity index is 457. The van der Waals surface area contributed by atoms with E-state index in [0.29, 0.717) is 19.1 Å². The van der Waals surface area contributed by atoms with Crippen molar-refractivity contribution in [1.82, 2.24) is 10.6 Å². The van der Waals surface area contributed by atoms with Gasteiger partial charge in [-0.25, -0.2) is 8.78 Å². The second-order valence-corrected chi connectivity index (χ2v) is 5.56. The molecule has 0 atom stereocenters. The third-order valence-electron chi connectivity index (χ3n) is 3.82. The minimum absolute atomic E-state index is 0. The maximum atomic E-state index is 13.0. The molecule has 0 spiro atoms. The normalized spacial score (nSPS) is 15.7. The molecule has 1 aliphatic carbocycles. The Labute approximate surface area is 136 Å². The van der Waals surface area contributed by atoms with Crippen molar-refractivity contribution in [2.75, 3.05) is 13.1 Å². The second-order valence-electron chi connectivity index (χ2n) is 5.56. The average molecular weight is 333 g/mol. The van der Waals surface area contributed by atoms with Gasteiger partial charge in [-0.1, -0.05) is 25.7 Å². The van der Waals surface area contributed by atoms with E-state index in [0.717, 1.165) is 18.2 Å². The zero-order chi connectivity index (χ0) is 15.1. The van der Waals surface area contributed by atoms with Gasteiger partial charge in [0.25, 0.3) is 5.91 Å². The van der Waals surface area contributed by atoms with Gasteiger partial charge in [0.15, 0.2) is 0 Å². The Balaban J connectivity index is 0.00000242. The number of hydrogen-bond acceptors (Lipinski definition) is 2. The number of carbonyl (C=O) groups excluding carboxylic acids is 1.